The predicted octanol–water partition coefficient (Wildman–Crippen LogP) is 3.65. The number of aromatic nitrogens is 1. The van der Waals surface area contributed by atoms with E-state index in [1.807, 2.05) is 31.2 Å². The van der Waals surface area contributed by atoms with Crippen LogP contribution in [0.5, 0.6) is 11.5 Å². The van der Waals surface area contributed by atoms with Gasteiger partial charge < -0.3 is 9.47 Å². The van der Waals surface area contributed by atoms with E-state index in [1.54, 1.807) is 18.2 Å². The Balaban J connectivity index is 1.79. The standard InChI is InChI=1S/C22H20N4O5/c1-15-3-5-16(6-4-15)14-31-21-19(26(28)29)11-17(12-20(21)30-2)13-24-25-22(27)18-7-9-23-10-8-18/h3-13H,14H2,1-2H3,(H,25,27)/b24-13-. The minimum atomic E-state index is -0.556. The van der Waals surface area contributed by atoms with Crippen molar-refractivity contribution < 1.29 is 19.2 Å². The highest BCUT2D eigenvalue weighted by Gasteiger charge is 2.22. The van der Waals surface area contributed by atoms with Crippen molar-refractivity contribution in [2.24, 2.45) is 5.10 Å². The number of rotatable bonds is 8. The van der Waals surface area contributed by atoms with Crippen LogP contribution in [0.3, 0.4) is 0 Å². The van der Waals surface area contributed by atoms with Crippen molar-refractivity contribution in [2.75, 3.05) is 7.11 Å². The molecule has 0 saturated carbocycles. The lowest BCUT2D eigenvalue weighted by Crippen LogP contribution is -2.17. The fourth-order valence-corrected chi connectivity index (χ4v) is 2.69. The second-order valence-electron chi connectivity index (χ2n) is 6.54. The predicted molar refractivity (Wildman–Crippen MR) is 114 cm³/mol. The first kappa shape index (κ1) is 21.4. The zero-order valence-electron chi connectivity index (χ0n) is 16.9. The second kappa shape index (κ2) is 9.97. The highest BCUT2D eigenvalue weighted by atomic mass is 16.6. The Kier molecular flexibility index (Phi) is 6.89. The maximum Gasteiger partial charge on any atom is 0.315 e. The molecule has 0 aliphatic carbocycles. The van der Waals surface area contributed by atoms with Crippen molar-refractivity contribution in [3.63, 3.8) is 0 Å². The summed E-state index contributed by atoms with van der Waals surface area (Å²) < 4.78 is 11.0. The summed E-state index contributed by atoms with van der Waals surface area (Å²) in [5.41, 5.74) is 4.81. The van der Waals surface area contributed by atoms with E-state index in [1.165, 1.54) is 31.8 Å². The number of amides is 1. The van der Waals surface area contributed by atoms with Crippen molar-refractivity contribution in [3.8, 4) is 11.5 Å². The molecule has 1 aromatic heterocycles. The molecular formula is C22H20N4O5. The third-order valence-electron chi connectivity index (χ3n) is 4.30. The third-order valence-corrected chi connectivity index (χ3v) is 4.30. The number of hydrazone groups is 1. The van der Waals surface area contributed by atoms with E-state index in [0.29, 0.717) is 11.1 Å². The molecule has 158 valence electrons. The number of carbonyl (C=O) groups excluding carboxylic acids is 1. The molecule has 0 aliphatic heterocycles. The molecule has 0 fully saturated rings. The lowest BCUT2D eigenvalue weighted by Gasteiger charge is -2.12. The molecule has 9 nitrogen and oxygen atoms in total. The van der Waals surface area contributed by atoms with E-state index in [0.717, 1.165) is 11.1 Å². The molecule has 1 N–H and O–H groups in total. The van der Waals surface area contributed by atoms with Crippen molar-refractivity contribution >= 4 is 17.8 Å². The Morgan fingerprint density at radius 1 is 1.19 bits per heavy atom. The first-order valence-electron chi connectivity index (χ1n) is 9.26. The van der Waals surface area contributed by atoms with Crippen LogP contribution in [0.15, 0.2) is 66.0 Å². The number of hydrogen-bond donors (Lipinski definition) is 1. The number of methoxy groups -OCH3 is 1. The fraction of sp³-hybridized carbons (Fsp3) is 0.136. The normalized spacial score (nSPS) is 10.6. The highest BCUT2D eigenvalue weighted by Crippen LogP contribution is 2.38. The summed E-state index contributed by atoms with van der Waals surface area (Å²) >= 11 is 0. The van der Waals surface area contributed by atoms with Gasteiger partial charge in [0.25, 0.3) is 5.91 Å². The number of ether oxygens (including phenoxy) is 2. The van der Waals surface area contributed by atoms with Crippen LogP contribution in [0.2, 0.25) is 0 Å². The van der Waals surface area contributed by atoms with E-state index < -0.39 is 10.8 Å². The zero-order chi connectivity index (χ0) is 22.2. The molecule has 9 heteroatoms. The summed E-state index contributed by atoms with van der Waals surface area (Å²) in [4.78, 5) is 26.9. The van der Waals surface area contributed by atoms with Crippen LogP contribution < -0.4 is 14.9 Å². The van der Waals surface area contributed by atoms with Crippen LogP contribution in [0.1, 0.15) is 27.0 Å². The van der Waals surface area contributed by atoms with Gasteiger partial charge in [0.05, 0.1) is 18.2 Å². The van der Waals surface area contributed by atoms with Crippen LogP contribution in [0.25, 0.3) is 0 Å². The Labute approximate surface area is 178 Å². The van der Waals surface area contributed by atoms with Crippen LogP contribution in [-0.2, 0) is 6.61 Å². The summed E-state index contributed by atoms with van der Waals surface area (Å²) in [5.74, 6) is -0.229. The maximum atomic E-state index is 12.0. The average molecular weight is 420 g/mol. The van der Waals surface area contributed by atoms with Gasteiger partial charge in [-0.1, -0.05) is 29.8 Å². The summed E-state index contributed by atoms with van der Waals surface area (Å²) in [5, 5.41) is 15.5. The lowest BCUT2D eigenvalue weighted by molar-refractivity contribution is -0.386. The van der Waals surface area contributed by atoms with Crippen LogP contribution in [0.4, 0.5) is 5.69 Å². The Morgan fingerprint density at radius 3 is 2.55 bits per heavy atom. The Morgan fingerprint density at radius 2 is 1.90 bits per heavy atom. The minimum absolute atomic E-state index is 0.0195. The van der Waals surface area contributed by atoms with Gasteiger partial charge in [-0.15, -0.1) is 0 Å². The highest BCUT2D eigenvalue weighted by molar-refractivity contribution is 5.94. The van der Waals surface area contributed by atoms with Gasteiger partial charge in [0.15, 0.2) is 5.75 Å². The zero-order valence-corrected chi connectivity index (χ0v) is 16.9. The van der Waals surface area contributed by atoms with Crippen molar-refractivity contribution in [1.29, 1.82) is 0 Å². The number of nitrogens with zero attached hydrogens (tertiary/aromatic N) is 3. The maximum absolute atomic E-state index is 12.0. The van der Waals surface area contributed by atoms with Gasteiger partial charge in [-0.05, 0) is 30.7 Å². The van der Waals surface area contributed by atoms with Crippen LogP contribution in [-0.4, -0.2) is 29.1 Å². The van der Waals surface area contributed by atoms with Gasteiger partial charge in [-0.25, -0.2) is 5.43 Å². The first-order chi connectivity index (χ1) is 15.0. The smallest absolute Gasteiger partial charge is 0.315 e. The molecule has 0 bridgehead atoms. The minimum Gasteiger partial charge on any atom is -0.493 e. The summed E-state index contributed by atoms with van der Waals surface area (Å²) in [6, 6.07) is 13.6. The van der Waals surface area contributed by atoms with Gasteiger partial charge >= 0.3 is 5.69 Å². The Bertz CT molecular complexity index is 1100. The molecule has 0 aliphatic rings. The number of aryl methyl sites for hydroxylation is 1. The number of nitro benzene ring substituents is 1. The van der Waals surface area contributed by atoms with Gasteiger partial charge in [0, 0.05) is 29.6 Å². The van der Waals surface area contributed by atoms with Crippen molar-refractivity contribution in [1.82, 2.24) is 10.4 Å². The Hall–Kier alpha value is -4.27. The summed E-state index contributed by atoms with van der Waals surface area (Å²) in [6.07, 6.45) is 4.27. The lowest BCUT2D eigenvalue weighted by atomic mass is 10.1. The molecule has 3 aromatic rings. The van der Waals surface area contributed by atoms with Gasteiger partial charge in [-0.2, -0.15) is 5.10 Å². The number of nitro groups is 1. The number of nitrogens with one attached hydrogen (secondary N) is 1. The molecule has 0 atom stereocenters. The number of pyridine rings is 1. The van der Waals surface area contributed by atoms with Gasteiger partial charge in [0.2, 0.25) is 5.75 Å². The average Bonchev–Trinajstić information content (AvgIpc) is 2.79. The third kappa shape index (κ3) is 5.63. The second-order valence-corrected chi connectivity index (χ2v) is 6.54. The van der Waals surface area contributed by atoms with Crippen LogP contribution >= 0.6 is 0 Å². The van der Waals surface area contributed by atoms with E-state index >= 15 is 0 Å². The molecular weight excluding hydrogens is 400 g/mol. The van der Waals surface area contributed by atoms with E-state index in [4.69, 9.17) is 9.47 Å². The molecule has 1 heterocycles. The summed E-state index contributed by atoms with van der Waals surface area (Å²) in [7, 11) is 1.39. The monoisotopic (exact) mass is 420 g/mol. The molecule has 0 spiro atoms. The molecule has 2 aromatic carbocycles. The number of hydrogen-bond acceptors (Lipinski definition) is 7. The van der Waals surface area contributed by atoms with E-state index in [2.05, 4.69) is 15.5 Å². The molecule has 1 amide bonds. The molecule has 0 saturated heterocycles. The molecule has 3 rings (SSSR count). The van der Waals surface area contributed by atoms with Gasteiger partial charge in [-0.3, -0.25) is 19.9 Å². The molecule has 31 heavy (non-hydrogen) atoms. The SMILES string of the molecule is COc1cc(/C=N\NC(=O)c2ccncc2)cc([N+](=O)[O-])c1OCc1ccc(C)cc1. The topological polar surface area (TPSA) is 116 Å². The van der Waals surface area contributed by atoms with Crippen molar-refractivity contribution in [2.45, 2.75) is 13.5 Å². The van der Waals surface area contributed by atoms with Gasteiger partial charge in [0.1, 0.15) is 6.61 Å². The van der Waals surface area contributed by atoms with Crippen molar-refractivity contribution in [3.05, 3.63) is 93.3 Å². The molecule has 0 radical (unpaired) electrons. The number of benzene rings is 2. The largest absolute Gasteiger partial charge is 0.493 e. The quantitative estimate of drug-likeness (QED) is 0.338. The molecule has 0 unspecified atom stereocenters. The first-order valence-corrected chi connectivity index (χ1v) is 9.26. The summed E-state index contributed by atoms with van der Waals surface area (Å²) in [6.45, 7) is 2.12. The van der Waals surface area contributed by atoms with Crippen LogP contribution in [0, 0.1) is 17.0 Å². The van der Waals surface area contributed by atoms with E-state index in [9.17, 15) is 14.9 Å². The fourth-order valence-electron chi connectivity index (χ4n) is 2.69. The van der Waals surface area contributed by atoms with E-state index in [-0.39, 0.29) is 23.8 Å². The number of carbonyl (C=O) groups is 1.